The molecule has 3 amide bonds. The quantitative estimate of drug-likeness (QED) is 0.559. The van der Waals surface area contributed by atoms with E-state index in [1.807, 2.05) is 18.2 Å². The van der Waals surface area contributed by atoms with Crippen LogP contribution in [0.5, 0.6) is 11.5 Å². The molecule has 2 atom stereocenters. The highest BCUT2D eigenvalue weighted by Crippen LogP contribution is 2.44. The van der Waals surface area contributed by atoms with Crippen LogP contribution in [0.2, 0.25) is 0 Å². The lowest BCUT2D eigenvalue weighted by Crippen LogP contribution is -2.44. The van der Waals surface area contributed by atoms with Crippen LogP contribution < -0.4 is 20.1 Å². The summed E-state index contributed by atoms with van der Waals surface area (Å²) >= 11 is 0. The molecule has 0 saturated carbocycles. The van der Waals surface area contributed by atoms with Gasteiger partial charge in [0.05, 0.1) is 26.2 Å². The van der Waals surface area contributed by atoms with Crippen molar-refractivity contribution in [3.8, 4) is 11.5 Å². The maximum Gasteiger partial charge on any atom is 0.254 e. The molecule has 0 fully saturated rings. The lowest BCUT2D eigenvalue weighted by Gasteiger charge is -2.40. The van der Waals surface area contributed by atoms with Gasteiger partial charge in [-0.05, 0) is 53.6 Å². The fourth-order valence-corrected chi connectivity index (χ4v) is 4.47. The second kappa shape index (κ2) is 9.89. The van der Waals surface area contributed by atoms with Gasteiger partial charge in [0.2, 0.25) is 11.8 Å². The lowest BCUT2D eigenvalue weighted by atomic mass is 9.79. The number of carbonyl (C=O) groups excluding carboxylic acids is 3. The molecule has 3 aromatic carbocycles. The monoisotopic (exact) mass is 473 g/mol. The number of amides is 3. The van der Waals surface area contributed by atoms with Crippen LogP contribution >= 0.6 is 0 Å². The molecule has 1 heterocycles. The van der Waals surface area contributed by atoms with Crippen LogP contribution in [0, 0.1) is 0 Å². The molecule has 2 N–H and O–H groups in total. The van der Waals surface area contributed by atoms with Gasteiger partial charge in [0.15, 0.2) is 11.5 Å². The van der Waals surface area contributed by atoms with Crippen molar-refractivity contribution >= 4 is 29.1 Å². The zero-order valence-electron chi connectivity index (χ0n) is 20.0. The second-order valence-electron chi connectivity index (χ2n) is 8.29. The maximum absolute atomic E-state index is 13.7. The third-order valence-electron chi connectivity index (χ3n) is 6.08. The third-order valence-corrected chi connectivity index (χ3v) is 6.08. The minimum absolute atomic E-state index is 0.163. The van der Waals surface area contributed by atoms with Crippen molar-refractivity contribution in [3.63, 3.8) is 0 Å². The molecule has 180 valence electrons. The zero-order valence-corrected chi connectivity index (χ0v) is 20.0. The first-order valence-corrected chi connectivity index (χ1v) is 11.1. The van der Waals surface area contributed by atoms with Gasteiger partial charge in [-0.2, -0.15) is 0 Å². The number of ether oxygens (including phenoxy) is 2. The number of hydrogen-bond acceptors (Lipinski definition) is 5. The van der Waals surface area contributed by atoms with Crippen LogP contribution in [0.3, 0.4) is 0 Å². The van der Waals surface area contributed by atoms with Gasteiger partial charge < -0.3 is 25.0 Å². The molecule has 8 nitrogen and oxygen atoms in total. The average Bonchev–Trinajstić information content (AvgIpc) is 2.86. The summed E-state index contributed by atoms with van der Waals surface area (Å²) in [4.78, 5) is 39.8. The summed E-state index contributed by atoms with van der Waals surface area (Å²) in [5, 5.41) is 5.68. The topological polar surface area (TPSA) is 97.0 Å². The number of benzene rings is 3. The number of hydrogen-bond donors (Lipinski definition) is 2. The summed E-state index contributed by atoms with van der Waals surface area (Å²) in [6.07, 6.45) is 0. The number of anilines is 2. The van der Waals surface area contributed by atoms with Crippen LogP contribution in [0.15, 0.2) is 66.7 Å². The molecule has 0 radical (unpaired) electrons. The molecule has 0 spiro atoms. The van der Waals surface area contributed by atoms with E-state index in [0.29, 0.717) is 34.0 Å². The molecule has 3 aromatic rings. The van der Waals surface area contributed by atoms with Gasteiger partial charge in [-0.1, -0.05) is 24.3 Å². The maximum atomic E-state index is 13.7. The first-order valence-electron chi connectivity index (χ1n) is 11.1. The Bertz CT molecular complexity index is 1270. The molecule has 0 aliphatic carbocycles. The number of fused-ring (bicyclic) bond motifs is 1. The highest BCUT2D eigenvalue weighted by molar-refractivity contribution is 6.04. The Labute approximate surface area is 203 Å². The molecule has 8 heteroatoms. The smallest absolute Gasteiger partial charge is 0.254 e. The van der Waals surface area contributed by atoms with E-state index in [-0.39, 0.29) is 17.7 Å². The first-order chi connectivity index (χ1) is 16.8. The van der Waals surface area contributed by atoms with Crippen LogP contribution in [-0.2, 0) is 9.59 Å². The molecule has 1 aliphatic heterocycles. The summed E-state index contributed by atoms with van der Waals surface area (Å²) in [6.45, 7) is 1.43. The van der Waals surface area contributed by atoms with E-state index in [1.54, 1.807) is 74.7 Å². The van der Waals surface area contributed by atoms with Gasteiger partial charge in [0.1, 0.15) is 0 Å². The Kier molecular flexibility index (Phi) is 6.73. The summed E-state index contributed by atoms with van der Waals surface area (Å²) < 4.78 is 10.8. The Morgan fingerprint density at radius 1 is 0.857 bits per heavy atom. The number of nitrogens with one attached hydrogen (secondary N) is 2. The fourth-order valence-electron chi connectivity index (χ4n) is 4.47. The van der Waals surface area contributed by atoms with E-state index in [9.17, 15) is 14.4 Å². The predicted octanol–water partition coefficient (Wildman–Crippen LogP) is 4.21. The Balaban J connectivity index is 1.74. The highest BCUT2D eigenvalue weighted by Gasteiger charge is 2.42. The van der Waals surface area contributed by atoms with Gasteiger partial charge in [-0.15, -0.1) is 0 Å². The van der Waals surface area contributed by atoms with Crippen LogP contribution in [0.4, 0.5) is 11.4 Å². The zero-order chi connectivity index (χ0) is 25.1. The van der Waals surface area contributed by atoms with Crippen molar-refractivity contribution in [2.24, 2.45) is 0 Å². The van der Waals surface area contributed by atoms with Crippen LogP contribution in [0.25, 0.3) is 0 Å². The van der Waals surface area contributed by atoms with Gasteiger partial charge in [0.25, 0.3) is 5.91 Å². The Morgan fingerprint density at radius 3 is 2.11 bits per heavy atom. The van der Waals surface area contributed by atoms with E-state index in [2.05, 4.69) is 10.6 Å². The van der Waals surface area contributed by atoms with E-state index in [1.165, 1.54) is 6.92 Å². The molecule has 4 rings (SSSR count). The molecule has 0 unspecified atom stereocenters. The summed E-state index contributed by atoms with van der Waals surface area (Å²) in [6, 6.07) is 18.9. The number of likely N-dealkylation sites (N-methyl/N-ethyl adjacent to an activating group) is 1. The van der Waals surface area contributed by atoms with E-state index in [0.717, 1.165) is 5.56 Å². The average molecular weight is 474 g/mol. The van der Waals surface area contributed by atoms with Gasteiger partial charge in [-0.25, -0.2) is 0 Å². The van der Waals surface area contributed by atoms with Gasteiger partial charge in [-0.3, -0.25) is 14.4 Å². The molecule has 0 aromatic heterocycles. The van der Waals surface area contributed by atoms with Crippen molar-refractivity contribution < 1.29 is 23.9 Å². The van der Waals surface area contributed by atoms with Crippen molar-refractivity contribution in [2.75, 3.05) is 31.9 Å². The number of rotatable bonds is 6. The van der Waals surface area contributed by atoms with E-state index >= 15 is 0 Å². The highest BCUT2D eigenvalue weighted by atomic mass is 16.5. The fraction of sp³-hybridized carbons (Fsp3) is 0.222. The van der Waals surface area contributed by atoms with E-state index in [4.69, 9.17) is 9.47 Å². The lowest BCUT2D eigenvalue weighted by molar-refractivity contribution is -0.119. The third kappa shape index (κ3) is 4.68. The summed E-state index contributed by atoms with van der Waals surface area (Å²) in [5.41, 5.74) is 3.10. The van der Waals surface area contributed by atoms with Crippen molar-refractivity contribution in [2.45, 2.75) is 18.9 Å². The minimum atomic E-state index is -0.679. The molecule has 0 bridgehead atoms. The van der Waals surface area contributed by atoms with Crippen molar-refractivity contribution in [1.82, 2.24) is 4.90 Å². The first kappa shape index (κ1) is 23.8. The molecule has 35 heavy (non-hydrogen) atoms. The van der Waals surface area contributed by atoms with Crippen molar-refractivity contribution in [1.29, 1.82) is 0 Å². The molecular formula is C27H27N3O5. The standard InChI is InChI=1S/C27H27N3O5/c1-16(31)28-18-10-12-19(13-11-18)29-26(32)24-20-7-5-6-8-21(20)27(33)30(2)25(24)17-9-14-22(34-3)23(15-17)35-4/h5-15,24-25H,1-4H3,(H,28,31)(H,29,32)/t24-,25+/m0/s1. The molecule has 1 aliphatic rings. The molecular weight excluding hydrogens is 446 g/mol. The number of nitrogens with zero attached hydrogens (tertiary/aromatic N) is 1. The largest absolute Gasteiger partial charge is 0.493 e. The second-order valence-corrected chi connectivity index (χ2v) is 8.29. The SMILES string of the molecule is COc1ccc([C@@H]2[C@@H](C(=O)Nc3ccc(NC(C)=O)cc3)c3ccccc3C(=O)N2C)cc1OC. The van der Waals surface area contributed by atoms with Crippen molar-refractivity contribution in [3.05, 3.63) is 83.4 Å². The number of carbonyl (C=O) groups is 3. The number of methoxy groups -OCH3 is 2. The minimum Gasteiger partial charge on any atom is -0.493 e. The van der Waals surface area contributed by atoms with Crippen LogP contribution in [-0.4, -0.2) is 43.9 Å². The summed E-state index contributed by atoms with van der Waals surface area (Å²) in [7, 11) is 4.79. The predicted molar refractivity (Wildman–Crippen MR) is 133 cm³/mol. The summed E-state index contributed by atoms with van der Waals surface area (Å²) in [5.74, 6) is -0.208. The van der Waals surface area contributed by atoms with Gasteiger partial charge >= 0.3 is 0 Å². The molecule has 0 saturated heterocycles. The normalized spacial score (nSPS) is 16.8. The Morgan fingerprint density at radius 2 is 1.49 bits per heavy atom. The van der Waals surface area contributed by atoms with E-state index < -0.39 is 12.0 Å². The van der Waals surface area contributed by atoms with Gasteiger partial charge in [0, 0.05) is 30.9 Å². The Hall–Kier alpha value is -4.33. The van der Waals surface area contributed by atoms with Crippen LogP contribution in [0.1, 0.15) is 40.4 Å².